The van der Waals surface area contributed by atoms with Crippen LogP contribution in [0.15, 0.2) is 24.3 Å². The van der Waals surface area contributed by atoms with Crippen molar-refractivity contribution in [2.45, 2.75) is 12.8 Å². The third-order valence-corrected chi connectivity index (χ3v) is 1.91. The fraction of sp³-hybridized carbons (Fsp3) is 0.182. The first-order valence-electron chi connectivity index (χ1n) is 4.16. The lowest BCUT2D eigenvalue weighted by Crippen LogP contribution is -1.98. The van der Waals surface area contributed by atoms with E-state index < -0.39 is 0 Å². The fourth-order valence-corrected chi connectivity index (χ4v) is 1.09. The number of Topliss-reactive ketones (excluding diaryl/α,β-unsaturated/α-hetero) is 1. The molecule has 2 heteroatoms. The predicted molar refractivity (Wildman–Crippen MR) is 54.7 cm³/mol. The smallest absolute Gasteiger partial charge is 0.166 e. The highest BCUT2D eigenvalue weighted by atomic mass is 35.5. The zero-order valence-electron chi connectivity index (χ0n) is 7.29. The average molecular weight is 195 g/mol. The van der Waals surface area contributed by atoms with Crippen LogP contribution in [0.1, 0.15) is 23.2 Å². The summed E-state index contributed by atoms with van der Waals surface area (Å²) < 4.78 is 0. The number of carbonyl (C=O) groups excluding carboxylic acids is 1. The molecule has 1 aromatic rings. The maximum atomic E-state index is 11.4. The van der Waals surface area contributed by atoms with Gasteiger partial charge < -0.3 is 0 Å². The first-order chi connectivity index (χ1) is 6.24. The summed E-state index contributed by atoms with van der Waals surface area (Å²) >= 11 is 5.69. The Morgan fingerprint density at radius 3 is 2.54 bits per heavy atom. The Bertz CT molecular complexity index is 277. The van der Waals surface area contributed by atoms with Gasteiger partial charge in [-0.2, -0.15) is 0 Å². The van der Waals surface area contributed by atoms with Crippen LogP contribution in [-0.4, -0.2) is 5.78 Å². The molecule has 0 spiro atoms. The Morgan fingerprint density at radius 2 is 2.00 bits per heavy atom. The van der Waals surface area contributed by atoms with Crippen molar-refractivity contribution in [3.63, 3.8) is 0 Å². The van der Waals surface area contributed by atoms with E-state index >= 15 is 0 Å². The average Bonchev–Trinajstić information content (AvgIpc) is 2.15. The van der Waals surface area contributed by atoms with Crippen molar-refractivity contribution in [3.8, 4) is 0 Å². The summed E-state index contributed by atoms with van der Waals surface area (Å²) in [5.41, 5.74) is 0.679. The van der Waals surface area contributed by atoms with E-state index in [9.17, 15) is 4.79 Å². The van der Waals surface area contributed by atoms with Crippen LogP contribution in [0.2, 0.25) is 5.02 Å². The number of hydrogen-bond donors (Lipinski definition) is 0. The molecule has 2 radical (unpaired) electrons. The number of benzene rings is 1. The van der Waals surface area contributed by atoms with Gasteiger partial charge in [0.2, 0.25) is 0 Å². The summed E-state index contributed by atoms with van der Waals surface area (Å²) in [7, 11) is 0. The number of unbranched alkanes of at least 4 members (excludes halogenated alkanes) is 1. The van der Waals surface area contributed by atoms with Crippen LogP contribution in [0.4, 0.5) is 0 Å². The number of halogens is 1. The standard InChI is InChI=1S/C11H11ClO/c1-2-3-4-11(13)9-5-7-10(12)8-6-9/h4-8H,1-3H2. The van der Waals surface area contributed by atoms with E-state index in [1.54, 1.807) is 30.7 Å². The molecular formula is C11H11ClO. The summed E-state index contributed by atoms with van der Waals surface area (Å²) in [6, 6.07) is 6.88. The van der Waals surface area contributed by atoms with Crippen LogP contribution in [0.5, 0.6) is 0 Å². The second kappa shape index (κ2) is 5.03. The molecule has 0 heterocycles. The molecule has 13 heavy (non-hydrogen) atoms. The number of rotatable bonds is 4. The minimum atomic E-state index is 0.0420. The van der Waals surface area contributed by atoms with Crippen molar-refractivity contribution in [1.29, 1.82) is 0 Å². The lowest BCUT2D eigenvalue weighted by molar-refractivity contribution is 0.102. The zero-order chi connectivity index (χ0) is 9.68. The molecule has 0 saturated carbocycles. The molecule has 0 unspecified atom stereocenters. The van der Waals surface area contributed by atoms with Crippen LogP contribution in [0.3, 0.4) is 0 Å². The van der Waals surface area contributed by atoms with E-state index in [0.29, 0.717) is 10.6 Å². The molecule has 0 atom stereocenters. The van der Waals surface area contributed by atoms with Gasteiger partial charge in [-0.25, -0.2) is 0 Å². The van der Waals surface area contributed by atoms with Crippen LogP contribution in [0.25, 0.3) is 0 Å². The lowest BCUT2D eigenvalue weighted by atomic mass is 10.1. The van der Waals surface area contributed by atoms with E-state index in [2.05, 4.69) is 6.92 Å². The van der Waals surface area contributed by atoms with Gasteiger partial charge in [-0.3, -0.25) is 4.79 Å². The van der Waals surface area contributed by atoms with E-state index in [4.69, 9.17) is 11.6 Å². The molecule has 0 aromatic heterocycles. The van der Waals surface area contributed by atoms with Crippen LogP contribution in [-0.2, 0) is 0 Å². The van der Waals surface area contributed by atoms with Gasteiger partial charge in [0.05, 0.1) is 0 Å². The van der Waals surface area contributed by atoms with Crippen LogP contribution < -0.4 is 0 Å². The molecule has 1 aromatic carbocycles. The van der Waals surface area contributed by atoms with Gasteiger partial charge in [0.25, 0.3) is 0 Å². The molecule has 0 amide bonds. The molecule has 68 valence electrons. The number of hydrogen-bond acceptors (Lipinski definition) is 1. The quantitative estimate of drug-likeness (QED) is 0.672. The predicted octanol–water partition coefficient (Wildman–Crippen LogP) is 3.34. The molecule has 0 fully saturated rings. The summed E-state index contributed by atoms with van der Waals surface area (Å²) in [5.74, 6) is 0.0420. The highest BCUT2D eigenvalue weighted by molar-refractivity contribution is 6.30. The Morgan fingerprint density at radius 1 is 1.38 bits per heavy atom. The lowest BCUT2D eigenvalue weighted by Gasteiger charge is -1.98. The van der Waals surface area contributed by atoms with Crippen molar-refractivity contribution in [2.24, 2.45) is 0 Å². The minimum Gasteiger partial charge on any atom is -0.294 e. The van der Waals surface area contributed by atoms with E-state index in [1.165, 1.54) is 0 Å². The summed E-state index contributed by atoms with van der Waals surface area (Å²) in [4.78, 5) is 11.4. The van der Waals surface area contributed by atoms with Gasteiger partial charge in [0.15, 0.2) is 5.78 Å². The van der Waals surface area contributed by atoms with Crippen molar-refractivity contribution < 1.29 is 4.79 Å². The first kappa shape index (κ1) is 10.3. The van der Waals surface area contributed by atoms with E-state index in [0.717, 1.165) is 12.8 Å². The van der Waals surface area contributed by atoms with Crippen molar-refractivity contribution in [3.05, 3.63) is 48.2 Å². The third kappa shape index (κ3) is 3.19. The van der Waals surface area contributed by atoms with Crippen molar-refractivity contribution in [1.82, 2.24) is 0 Å². The highest BCUT2D eigenvalue weighted by Gasteiger charge is 2.04. The molecule has 0 aliphatic carbocycles. The SMILES string of the molecule is [CH2]CC[CH]C(=O)c1ccc(Cl)cc1. The molecule has 0 saturated heterocycles. The normalized spacial score (nSPS) is 10.0. The summed E-state index contributed by atoms with van der Waals surface area (Å²) in [6.07, 6.45) is 3.12. The maximum absolute atomic E-state index is 11.4. The van der Waals surface area contributed by atoms with Gasteiger partial charge in [-0.05, 0) is 30.7 Å². The van der Waals surface area contributed by atoms with Gasteiger partial charge in [0, 0.05) is 17.0 Å². The Kier molecular flexibility index (Phi) is 3.97. The van der Waals surface area contributed by atoms with E-state index in [1.807, 2.05) is 0 Å². The van der Waals surface area contributed by atoms with Crippen molar-refractivity contribution >= 4 is 17.4 Å². The second-order valence-corrected chi connectivity index (χ2v) is 3.15. The molecule has 0 bridgehead atoms. The summed E-state index contributed by atoms with van der Waals surface area (Å²) in [6.45, 7) is 3.66. The molecule has 1 rings (SSSR count). The third-order valence-electron chi connectivity index (χ3n) is 1.66. The van der Waals surface area contributed by atoms with Gasteiger partial charge in [-0.15, -0.1) is 0 Å². The topological polar surface area (TPSA) is 17.1 Å². The molecule has 0 aliphatic rings. The second-order valence-electron chi connectivity index (χ2n) is 2.72. The maximum Gasteiger partial charge on any atom is 0.166 e. The van der Waals surface area contributed by atoms with Gasteiger partial charge >= 0.3 is 0 Å². The molecular weight excluding hydrogens is 184 g/mol. The van der Waals surface area contributed by atoms with Crippen LogP contribution in [0, 0.1) is 13.3 Å². The molecule has 0 aliphatic heterocycles. The molecule has 1 nitrogen and oxygen atoms in total. The zero-order valence-corrected chi connectivity index (χ0v) is 8.05. The number of carbonyl (C=O) groups is 1. The largest absolute Gasteiger partial charge is 0.294 e. The molecule has 0 N–H and O–H groups in total. The Labute approximate surface area is 83.7 Å². The summed E-state index contributed by atoms with van der Waals surface area (Å²) in [5, 5.41) is 0.647. The minimum absolute atomic E-state index is 0.0420. The Hall–Kier alpha value is -0.820. The van der Waals surface area contributed by atoms with E-state index in [-0.39, 0.29) is 5.78 Å². The van der Waals surface area contributed by atoms with Crippen LogP contribution >= 0.6 is 11.6 Å². The monoisotopic (exact) mass is 194 g/mol. The van der Waals surface area contributed by atoms with Crippen molar-refractivity contribution in [2.75, 3.05) is 0 Å². The first-order valence-corrected chi connectivity index (χ1v) is 4.54. The Balaban J connectivity index is 2.61. The van der Waals surface area contributed by atoms with Gasteiger partial charge in [0.1, 0.15) is 0 Å². The fourth-order valence-electron chi connectivity index (χ4n) is 0.965. The number of ketones is 1. The van der Waals surface area contributed by atoms with Gasteiger partial charge in [-0.1, -0.05) is 24.9 Å². The highest BCUT2D eigenvalue weighted by Crippen LogP contribution is 2.11.